The predicted molar refractivity (Wildman–Crippen MR) is 93.4 cm³/mol. The van der Waals surface area contributed by atoms with Gasteiger partial charge in [-0.05, 0) is 24.6 Å². The minimum atomic E-state index is -3.63. The average Bonchev–Trinajstić information content (AvgIpc) is 2.96. The molecule has 25 heavy (non-hydrogen) atoms. The third-order valence-corrected chi connectivity index (χ3v) is 4.83. The van der Waals surface area contributed by atoms with E-state index >= 15 is 0 Å². The first-order valence-corrected chi connectivity index (χ1v) is 9.19. The largest absolute Gasteiger partial charge is 0.496 e. The molecule has 0 aliphatic heterocycles. The molecular weight excluding hydrogens is 346 g/mol. The molecule has 0 spiro atoms. The zero-order chi connectivity index (χ0) is 18.0. The number of hydrogen-bond donors (Lipinski definition) is 2. The summed E-state index contributed by atoms with van der Waals surface area (Å²) in [6.07, 6.45) is 0.467. The van der Waals surface area contributed by atoms with Crippen LogP contribution in [-0.4, -0.2) is 36.2 Å². The van der Waals surface area contributed by atoms with Gasteiger partial charge in [-0.15, -0.1) is 0 Å². The molecule has 8 nitrogen and oxygen atoms in total. The second-order valence-corrected chi connectivity index (χ2v) is 7.07. The first-order chi connectivity index (χ1) is 11.9. The van der Waals surface area contributed by atoms with Gasteiger partial charge in [0.25, 0.3) is 0 Å². The number of ether oxygens (including phenoxy) is 1. The first kappa shape index (κ1) is 17.0. The van der Waals surface area contributed by atoms with Crippen molar-refractivity contribution in [3.63, 3.8) is 0 Å². The lowest BCUT2D eigenvalue weighted by Gasteiger charge is -2.10. The molecule has 0 atom stereocenters. The SMILES string of the molecule is CCCS(=O)(=O)Oc1ccc(-c2nc3[nH]c(=O)ccc3[nH]2)c(OC)c1. The summed E-state index contributed by atoms with van der Waals surface area (Å²) >= 11 is 0. The van der Waals surface area contributed by atoms with Crippen molar-refractivity contribution in [3.05, 3.63) is 40.7 Å². The topological polar surface area (TPSA) is 114 Å². The number of aromatic nitrogens is 3. The summed E-state index contributed by atoms with van der Waals surface area (Å²) in [5, 5.41) is 0. The third kappa shape index (κ3) is 3.66. The van der Waals surface area contributed by atoms with Crippen LogP contribution in [-0.2, 0) is 10.1 Å². The molecule has 3 rings (SSSR count). The minimum Gasteiger partial charge on any atom is -0.496 e. The number of nitrogens with one attached hydrogen (secondary N) is 2. The van der Waals surface area contributed by atoms with Crippen molar-refractivity contribution in [1.82, 2.24) is 15.0 Å². The number of imidazole rings is 1. The number of hydrogen-bond acceptors (Lipinski definition) is 6. The predicted octanol–water partition coefficient (Wildman–Crippen LogP) is 2.05. The van der Waals surface area contributed by atoms with Crippen LogP contribution in [0.4, 0.5) is 0 Å². The maximum atomic E-state index is 11.8. The van der Waals surface area contributed by atoms with E-state index < -0.39 is 10.1 Å². The maximum absolute atomic E-state index is 11.8. The number of aromatic amines is 2. The van der Waals surface area contributed by atoms with Gasteiger partial charge in [-0.3, -0.25) is 4.79 Å². The van der Waals surface area contributed by atoms with Gasteiger partial charge in [0.2, 0.25) is 5.56 Å². The molecule has 2 heterocycles. The highest BCUT2D eigenvalue weighted by Gasteiger charge is 2.16. The minimum absolute atomic E-state index is 0.0615. The fraction of sp³-hybridized carbons (Fsp3) is 0.250. The lowest BCUT2D eigenvalue weighted by atomic mass is 10.2. The number of methoxy groups -OCH3 is 1. The van der Waals surface area contributed by atoms with Crippen molar-refractivity contribution < 1.29 is 17.3 Å². The van der Waals surface area contributed by atoms with Crippen molar-refractivity contribution in [2.75, 3.05) is 12.9 Å². The standard InChI is InChI=1S/C16H17N3O5S/c1-3-8-25(21,22)24-10-4-5-11(13(9-10)23-2)15-17-12-6-7-14(20)18-16(12)19-15/h4-7,9H,3,8H2,1-2H3,(H2,17,18,19,20). The Balaban J connectivity index is 2.00. The number of benzene rings is 1. The van der Waals surface area contributed by atoms with Crippen molar-refractivity contribution in [1.29, 1.82) is 0 Å². The second-order valence-electron chi connectivity index (χ2n) is 5.38. The maximum Gasteiger partial charge on any atom is 0.309 e. The summed E-state index contributed by atoms with van der Waals surface area (Å²) in [6, 6.07) is 7.69. The molecule has 2 N–H and O–H groups in total. The fourth-order valence-corrected chi connectivity index (χ4v) is 3.39. The summed E-state index contributed by atoms with van der Waals surface area (Å²) < 4.78 is 34.0. The highest BCUT2D eigenvalue weighted by Crippen LogP contribution is 2.33. The summed E-state index contributed by atoms with van der Waals surface area (Å²) in [5.74, 6) is 0.981. The van der Waals surface area contributed by atoms with Crippen LogP contribution < -0.4 is 14.5 Å². The highest BCUT2D eigenvalue weighted by molar-refractivity contribution is 7.87. The molecular formula is C16H17N3O5S. The van der Waals surface area contributed by atoms with Crippen LogP contribution in [0.25, 0.3) is 22.6 Å². The Labute approximate surface area is 144 Å². The van der Waals surface area contributed by atoms with E-state index in [-0.39, 0.29) is 17.1 Å². The van der Waals surface area contributed by atoms with E-state index in [1.807, 2.05) is 0 Å². The number of nitrogens with zero attached hydrogens (tertiary/aromatic N) is 1. The number of pyridine rings is 1. The smallest absolute Gasteiger partial charge is 0.309 e. The lowest BCUT2D eigenvalue weighted by molar-refractivity contribution is 0.413. The van der Waals surface area contributed by atoms with E-state index in [1.165, 1.54) is 25.3 Å². The van der Waals surface area contributed by atoms with Crippen LogP contribution in [0.15, 0.2) is 35.1 Å². The van der Waals surface area contributed by atoms with E-state index in [0.29, 0.717) is 34.7 Å². The number of H-pyrrole nitrogens is 2. The Bertz CT molecular complexity index is 1070. The van der Waals surface area contributed by atoms with E-state index in [9.17, 15) is 13.2 Å². The molecule has 0 saturated carbocycles. The average molecular weight is 363 g/mol. The van der Waals surface area contributed by atoms with Gasteiger partial charge >= 0.3 is 10.1 Å². The Morgan fingerprint density at radius 3 is 2.68 bits per heavy atom. The van der Waals surface area contributed by atoms with Crippen molar-refractivity contribution >= 4 is 21.3 Å². The van der Waals surface area contributed by atoms with Crippen molar-refractivity contribution in [2.24, 2.45) is 0 Å². The molecule has 3 aromatic rings. The Morgan fingerprint density at radius 2 is 1.96 bits per heavy atom. The van der Waals surface area contributed by atoms with Crippen LogP contribution in [0.1, 0.15) is 13.3 Å². The van der Waals surface area contributed by atoms with Gasteiger partial charge in [0.05, 0.1) is 23.9 Å². The van der Waals surface area contributed by atoms with Gasteiger partial charge in [0, 0.05) is 12.1 Å². The van der Waals surface area contributed by atoms with Crippen LogP contribution in [0.3, 0.4) is 0 Å². The Hall–Kier alpha value is -2.81. The van der Waals surface area contributed by atoms with Crippen LogP contribution in [0.5, 0.6) is 11.5 Å². The third-order valence-electron chi connectivity index (χ3n) is 3.48. The first-order valence-electron chi connectivity index (χ1n) is 7.61. The molecule has 0 aliphatic rings. The molecule has 0 saturated heterocycles. The normalized spacial score (nSPS) is 11.6. The molecule has 1 aromatic carbocycles. The van der Waals surface area contributed by atoms with E-state index in [2.05, 4.69) is 15.0 Å². The fourth-order valence-electron chi connectivity index (χ4n) is 2.40. The molecule has 9 heteroatoms. The summed E-state index contributed by atoms with van der Waals surface area (Å²) in [6.45, 7) is 1.76. The molecule has 0 bridgehead atoms. The zero-order valence-corrected chi connectivity index (χ0v) is 14.5. The van der Waals surface area contributed by atoms with Gasteiger partial charge in [-0.2, -0.15) is 8.42 Å². The second kappa shape index (κ2) is 6.60. The Kier molecular flexibility index (Phi) is 4.49. The van der Waals surface area contributed by atoms with Crippen LogP contribution >= 0.6 is 0 Å². The summed E-state index contributed by atoms with van der Waals surface area (Å²) in [5.41, 5.74) is 1.46. The van der Waals surface area contributed by atoms with Crippen molar-refractivity contribution in [2.45, 2.75) is 13.3 Å². The van der Waals surface area contributed by atoms with Crippen molar-refractivity contribution in [3.8, 4) is 22.9 Å². The molecule has 0 fully saturated rings. The van der Waals surface area contributed by atoms with E-state index in [1.54, 1.807) is 19.1 Å². The van der Waals surface area contributed by atoms with Gasteiger partial charge in [0.1, 0.15) is 17.3 Å². The zero-order valence-electron chi connectivity index (χ0n) is 13.7. The quantitative estimate of drug-likeness (QED) is 0.648. The van der Waals surface area contributed by atoms with E-state index in [4.69, 9.17) is 8.92 Å². The van der Waals surface area contributed by atoms with E-state index in [0.717, 1.165) is 0 Å². The molecule has 0 amide bonds. The highest BCUT2D eigenvalue weighted by atomic mass is 32.2. The Morgan fingerprint density at radius 1 is 1.16 bits per heavy atom. The molecule has 0 unspecified atom stereocenters. The number of rotatable bonds is 6. The molecule has 2 aromatic heterocycles. The monoisotopic (exact) mass is 363 g/mol. The van der Waals surface area contributed by atoms with Gasteiger partial charge < -0.3 is 18.9 Å². The van der Waals surface area contributed by atoms with Crippen LogP contribution in [0.2, 0.25) is 0 Å². The summed E-state index contributed by atoms with van der Waals surface area (Å²) in [7, 11) is -2.17. The van der Waals surface area contributed by atoms with Crippen LogP contribution in [0, 0.1) is 0 Å². The van der Waals surface area contributed by atoms with Gasteiger partial charge in [-0.25, -0.2) is 4.98 Å². The molecule has 0 radical (unpaired) electrons. The number of fused-ring (bicyclic) bond motifs is 1. The lowest BCUT2D eigenvalue weighted by Crippen LogP contribution is -2.13. The molecule has 132 valence electrons. The summed E-state index contributed by atoms with van der Waals surface area (Å²) in [4.78, 5) is 21.4. The van der Waals surface area contributed by atoms with Gasteiger partial charge in [0.15, 0.2) is 5.65 Å². The van der Waals surface area contributed by atoms with Gasteiger partial charge in [-0.1, -0.05) is 6.92 Å². The molecule has 0 aliphatic carbocycles.